The number of hydrogen-bond acceptors (Lipinski definition) is 5. The van der Waals surface area contributed by atoms with E-state index in [2.05, 4.69) is 22.5 Å². The van der Waals surface area contributed by atoms with Crippen molar-refractivity contribution in [3.8, 4) is 0 Å². The van der Waals surface area contributed by atoms with Crippen LogP contribution in [-0.4, -0.2) is 23.2 Å². The maximum absolute atomic E-state index is 5.89. The lowest BCUT2D eigenvalue weighted by molar-refractivity contribution is 0.621. The number of hydrogen-bond donors (Lipinski definition) is 1. The Morgan fingerprint density at radius 3 is 2.75 bits per heavy atom. The zero-order chi connectivity index (χ0) is 11.5. The number of rotatable bonds is 4. The van der Waals surface area contributed by atoms with Gasteiger partial charge in [0.25, 0.3) is 0 Å². The second kappa shape index (κ2) is 5.27. The van der Waals surface area contributed by atoms with Crippen molar-refractivity contribution < 1.29 is 0 Å². The molecule has 2 N–H and O–H groups in total. The molecule has 1 aromatic heterocycles. The molecule has 1 saturated carbocycles. The molecule has 3 nitrogen and oxygen atoms in total. The van der Waals surface area contributed by atoms with Gasteiger partial charge in [-0.2, -0.15) is 4.37 Å². The van der Waals surface area contributed by atoms with Crippen molar-refractivity contribution in [3.63, 3.8) is 0 Å². The summed E-state index contributed by atoms with van der Waals surface area (Å²) in [7, 11) is 0. The number of thioether (sulfide) groups is 1. The smallest absolute Gasteiger partial charge is 0.153 e. The monoisotopic (exact) mass is 257 g/mol. The van der Waals surface area contributed by atoms with Gasteiger partial charge in [0.15, 0.2) is 5.82 Å². The minimum Gasteiger partial charge on any atom is -0.382 e. The average molecular weight is 257 g/mol. The number of aromatic nitrogens is 1. The standard InChI is InChI=1S/C11H19N3S2/c1-3-14(8-6-4-5-7-8)11-9(15-2)10(12)13-16-11/h8H,3-7H2,1-2H3,(H2,12,13). The molecule has 1 aromatic rings. The molecule has 90 valence electrons. The molecule has 0 aromatic carbocycles. The Labute approximate surface area is 106 Å². The van der Waals surface area contributed by atoms with E-state index in [1.165, 1.54) is 35.6 Å². The molecule has 0 saturated heterocycles. The van der Waals surface area contributed by atoms with Crippen molar-refractivity contribution in [1.29, 1.82) is 0 Å². The van der Waals surface area contributed by atoms with E-state index in [1.807, 2.05) is 0 Å². The summed E-state index contributed by atoms with van der Waals surface area (Å²) >= 11 is 3.26. The van der Waals surface area contributed by atoms with Crippen LogP contribution in [0.1, 0.15) is 32.6 Å². The molecule has 0 amide bonds. The van der Waals surface area contributed by atoms with E-state index in [4.69, 9.17) is 5.73 Å². The Morgan fingerprint density at radius 1 is 1.50 bits per heavy atom. The third-order valence-electron chi connectivity index (χ3n) is 3.23. The van der Waals surface area contributed by atoms with E-state index in [0.29, 0.717) is 11.9 Å². The number of nitrogen functional groups attached to an aromatic ring is 1. The molecular formula is C11H19N3S2. The summed E-state index contributed by atoms with van der Waals surface area (Å²) in [5.41, 5.74) is 5.89. The van der Waals surface area contributed by atoms with Gasteiger partial charge in [-0.3, -0.25) is 0 Å². The minimum atomic E-state index is 0.698. The van der Waals surface area contributed by atoms with Gasteiger partial charge in [0, 0.05) is 12.6 Å². The fourth-order valence-corrected chi connectivity index (χ4v) is 4.26. The third-order valence-corrected chi connectivity index (χ3v) is 5.07. The SMILES string of the molecule is CCN(c1snc(N)c1SC)C1CCCC1. The van der Waals surface area contributed by atoms with Gasteiger partial charge < -0.3 is 10.6 Å². The summed E-state index contributed by atoms with van der Waals surface area (Å²) < 4.78 is 4.28. The van der Waals surface area contributed by atoms with Crippen LogP contribution < -0.4 is 10.6 Å². The van der Waals surface area contributed by atoms with Crippen molar-refractivity contribution in [2.75, 3.05) is 23.4 Å². The van der Waals surface area contributed by atoms with Crippen LogP contribution in [-0.2, 0) is 0 Å². The largest absolute Gasteiger partial charge is 0.382 e. The molecule has 0 spiro atoms. The molecule has 1 aliphatic carbocycles. The Hall–Kier alpha value is -0.420. The van der Waals surface area contributed by atoms with Gasteiger partial charge in [0.1, 0.15) is 5.00 Å². The van der Waals surface area contributed by atoms with Gasteiger partial charge in [-0.15, -0.1) is 11.8 Å². The Kier molecular flexibility index (Phi) is 3.97. The lowest BCUT2D eigenvalue weighted by Gasteiger charge is -2.28. The van der Waals surface area contributed by atoms with Crippen LogP contribution in [0.3, 0.4) is 0 Å². The van der Waals surface area contributed by atoms with Crippen LogP contribution in [0, 0.1) is 0 Å². The molecule has 16 heavy (non-hydrogen) atoms. The molecule has 5 heteroatoms. The van der Waals surface area contributed by atoms with E-state index < -0.39 is 0 Å². The van der Waals surface area contributed by atoms with E-state index in [-0.39, 0.29) is 0 Å². The van der Waals surface area contributed by atoms with Crippen molar-refractivity contribution in [3.05, 3.63) is 0 Å². The van der Waals surface area contributed by atoms with Crippen LogP contribution in [0.25, 0.3) is 0 Å². The quantitative estimate of drug-likeness (QED) is 0.841. The van der Waals surface area contributed by atoms with Gasteiger partial charge in [0.2, 0.25) is 0 Å². The van der Waals surface area contributed by atoms with Gasteiger partial charge in [-0.05, 0) is 37.6 Å². The highest BCUT2D eigenvalue weighted by Gasteiger charge is 2.25. The molecule has 1 heterocycles. The topological polar surface area (TPSA) is 42.2 Å². The van der Waals surface area contributed by atoms with Crippen molar-refractivity contribution in [2.45, 2.75) is 43.5 Å². The fourth-order valence-electron chi connectivity index (χ4n) is 2.44. The van der Waals surface area contributed by atoms with Gasteiger partial charge in [-0.25, -0.2) is 0 Å². The number of nitrogens with zero attached hydrogens (tertiary/aromatic N) is 2. The maximum atomic E-state index is 5.89. The third kappa shape index (κ3) is 2.15. The Morgan fingerprint density at radius 2 is 2.19 bits per heavy atom. The van der Waals surface area contributed by atoms with Crippen LogP contribution in [0.5, 0.6) is 0 Å². The first-order chi connectivity index (χ1) is 7.77. The first-order valence-corrected chi connectivity index (χ1v) is 7.83. The molecule has 0 atom stereocenters. The highest BCUT2D eigenvalue weighted by atomic mass is 32.2. The molecule has 2 rings (SSSR count). The van der Waals surface area contributed by atoms with Gasteiger partial charge in [0.05, 0.1) is 4.90 Å². The highest BCUT2D eigenvalue weighted by molar-refractivity contribution is 7.99. The summed E-state index contributed by atoms with van der Waals surface area (Å²) in [5.74, 6) is 0.698. The van der Waals surface area contributed by atoms with E-state index in [0.717, 1.165) is 6.54 Å². The first-order valence-electron chi connectivity index (χ1n) is 5.83. The minimum absolute atomic E-state index is 0.698. The molecule has 1 fully saturated rings. The fraction of sp³-hybridized carbons (Fsp3) is 0.727. The summed E-state index contributed by atoms with van der Waals surface area (Å²) in [6, 6.07) is 0.704. The van der Waals surface area contributed by atoms with Gasteiger partial charge in [-0.1, -0.05) is 12.8 Å². The predicted molar refractivity (Wildman–Crippen MR) is 73.6 cm³/mol. The molecule has 0 unspecified atom stereocenters. The highest BCUT2D eigenvalue weighted by Crippen LogP contribution is 2.40. The van der Waals surface area contributed by atoms with Crippen LogP contribution in [0.4, 0.5) is 10.8 Å². The average Bonchev–Trinajstić information content (AvgIpc) is 2.90. The predicted octanol–water partition coefficient (Wildman–Crippen LogP) is 3.22. The molecular weight excluding hydrogens is 238 g/mol. The second-order valence-corrected chi connectivity index (χ2v) is 5.70. The molecule has 0 radical (unpaired) electrons. The normalized spacial score (nSPS) is 16.9. The molecule has 0 bridgehead atoms. The van der Waals surface area contributed by atoms with Crippen molar-refractivity contribution in [1.82, 2.24) is 4.37 Å². The maximum Gasteiger partial charge on any atom is 0.153 e. The number of nitrogens with two attached hydrogens (primary N) is 1. The zero-order valence-corrected chi connectivity index (χ0v) is 11.5. The van der Waals surface area contributed by atoms with Crippen molar-refractivity contribution >= 4 is 34.1 Å². The lowest BCUT2D eigenvalue weighted by Crippen LogP contribution is -2.32. The Balaban J connectivity index is 2.24. The summed E-state index contributed by atoms with van der Waals surface area (Å²) in [6.07, 6.45) is 7.44. The summed E-state index contributed by atoms with van der Waals surface area (Å²) in [4.78, 5) is 3.66. The molecule has 1 aliphatic rings. The van der Waals surface area contributed by atoms with Crippen molar-refractivity contribution in [2.24, 2.45) is 0 Å². The summed E-state index contributed by atoms with van der Waals surface area (Å²) in [5, 5.41) is 1.28. The number of anilines is 2. The first kappa shape index (κ1) is 12.0. The second-order valence-electron chi connectivity index (χ2n) is 4.13. The lowest BCUT2D eigenvalue weighted by atomic mass is 10.2. The van der Waals surface area contributed by atoms with Crippen LogP contribution in [0.2, 0.25) is 0 Å². The summed E-state index contributed by atoms with van der Waals surface area (Å²) in [6.45, 7) is 3.28. The molecule has 0 aliphatic heterocycles. The zero-order valence-electron chi connectivity index (χ0n) is 9.90. The van der Waals surface area contributed by atoms with E-state index in [9.17, 15) is 0 Å². The van der Waals surface area contributed by atoms with Crippen LogP contribution in [0.15, 0.2) is 4.90 Å². The van der Waals surface area contributed by atoms with E-state index >= 15 is 0 Å². The van der Waals surface area contributed by atoms with E-state index in [1.54, 1.807) is 23.3 Å². The van der Waals surface area contributed by atoms with Crippen LogP contribution >= 0.6 is 23.3 Å². The Bertz CT molecular complexity index is 345. The van der Waals surface area contributed by atoms with Gasteiger partial charge >= 0.3 is 0 Å².